The van der Waals surface area contributed by atoms with Gasteiger partial charge in [-0.05, 0) is 37.1 Å². The van der Waals surface area contributed by atoms with E-state index in [-0.39, 0.29) is 0 Å². The molecule has 0 saturated carbocycles. The molecular weight excluding hydrogens is 250 g/mol. The number of aryl methyl sites for hydroxylation is 2. The minimum atomic E-state index is -1.64. The standard InChI is InChI=1S/C13H21NO5/c1-7-3-4-9(5-8(7)2)14-13(19)12(18)11(17)10(16)6-15/h3-5,10-19H,6H2,1-2H3/t10-,11-,12-,13?/m1/s1. The lowest BCUT2D eigenvalue weighted by Crippen LogP contribution is -2.48. The molecule has 0 aliphatic heterocycles. The molecule has 0 heterocycles. The van der Waals surface area contributed by atoms with E-state index < -0.39 is 31.1 Å². The Balaban J connectivity index is 2.67. The van der Waals surface area contributed by atoms with Crippen LogP contribution < -0.4 is 5.32 Å². The number of anilines is 1. The molecule has 0 spiro atoms. The maximum absolute atomic E-state index is 9.73. The summed E-state index contributed by atoms with van der Waals surface area (Å²) in [5.74, 6) is 0. The molecule has 0 radical (unpaired) electrons. The van der Waals surface area contributed by atoms with Gasteiger partial charge in [0.1, 0.15) is 18.3 Å². The van der Waals surface area contributed by atoms with Crippen molar-refractivity contribution in [2.45, 2.75) is 38.4 Å². The Morgan fingerprint density at radius 2 is 1.63 bits per heavy atom. The lowest BCUT2D eigenvalue weighted by Gasteiger charge is -2.26. The fourth-order valence-electron chi connectivity index (χ4n) is 1.61. The molecule has 6 heteroatoms. The normalized spacial score (nSPS) is 17.6. The molecule has 0 aliphatic rings. The van der Waals surface area contributed by atoms with Gasteiger partial charge >= 0.3 is 0 Å². The summed E-state index contributed by atoms with van der Waals surface area (Å²) in [6, 6.07) is 5.38. The minimum absolute atomic E-state index is 0.584. The van der Waals surface area contributed by atoms with Crippen LogP contribution >= 0.6 is 0 Å². The van der Waals surface area contributed by atoms with Gasteiger partial charge in [-0.15, -0.1) is 0 Å². The zero-order chi connectivity index (χ0) is 14.6. The lowest BCUT2D eigenvalue weighted by atomic mass is 10.1. The van der Waals surface area contributed by atoms with E-state index >= 15 is 0 Å². The fraction of sp³-hybridized carbons (Fsp3) is 0.538. The summed E-state index contributed by atoms with van der Waals surface area (Å²) in [7, 11) is 0. The third-order valence-electron chi connectivity index (χ3n) is 3.08. The van der Waals surface area contributed by atoms with Crippen LogP contribution in [0, 0.1) is 13.8 Å². The molecule has 0 aliphatic carbocycles. The number of hydrogen-bond acceptors (Lipinski definition) is 6. The topological polar surface area (TPSA) is 113 Å². The third kappa shape index (κ3) is 4.15. The molecule has 1 aromatic rings. The predicted octanol–water partition coefficient (Wildman–Crippen LogP) is -0.891. The molecule has 4 atom stereocenters. The molecule has 6 N–H and O–H groups in total. The van der Waals surface area contributed by atoms with Crippen molar-refractivity contribution in [1.82, 2.24) is 0 Å². The highest BCUT2D eigenvalue weighted by atomic mass is 16.4. The Morgan fingerprint density at radius 1 is 1.00 bits per heavy atom. The monoisotopic (exact) mass is 271 g/mol. The van der Waals surface area contributed by atoms with Gasteiger partial charge < -0.3 is 30.8 Å². The number of aliphatic hydroxyl groups excluding tert-OH is 5. The van der Waals surface area contributed by atoms with Crippen LogP contribution in [-0.2, 0) is 0 Å². The van der Waals surface area contributed by atoms with E-state index in [4.69, 9.17) is 5.11 Å². The van der Waals surface area contributed by atoms with Crippen molar-refractivity contribution < 1.29 is 25.5 Å². The lowest BCUT2D eigenvalue weighted by molar-refractivity contribution is -0.108. The Hall–Kier alpha value is -1.18. The second-order valence-electron chi connectivity index (χ2n) is 4.62. The molecular formula is C13H21NO5. The first-order valence-corrected chi connectivity index (χ1v) is 6.03. The number of nitrogens with one attached hydrogen (secondary N) is 1. The van der Waals surface area contributed by atoms with Crippen LogP contribution in [0.2, 0.25) is 0 Å². The molecule has 0 amide bonds. The zero-order valence-corrected chi connectivity index (χ0v) is 11.0. The Kier molecular flexibility index (Phi) is 5.71. The van der Waals surface area contributed by atoms with Crippen LogP contribution in [0.3, 0.4) is 0 Å². The fourth-order valence-corrected chi connectivity index (χ4v) is 1.61. The molecule has 1 rings (SSSR count). The van der Waals surface area contributed by atoms with E-state index in [1.165, 1.54) is 0 Å². The van der Waals surface area contributed by atoms with Crippen molar-refractivity contribution in [2.75, 3.05) is 11.9 Å². The zero-order valence-electron chi connectivity index (χ0n) is 11.0. The van der Waals surface area contributed by atoms with E-state index in [0.29, 0.717) is 5.69 Å². The summed E-state index contributed by atoms with van der Waals surface area (Å²) in [5, 5.41) is 49.3. The molecule has 0 saturated heterocycles. The second-order valence-corrected chi connectivity index (χ2v) is 4.62. The highest BCUT2D eigenvalue weighted by Gasteiger charge is 2.29. The minimum Gasteiger partial charge on any atom is -0.394 e. The SMILES string of the molecule is Cc1ccc(NC(O)[C@H](O)[C@H](O)[C@H](O)CO)cc1C. The quantitative estimate of drug-likeness (QED) is 0.374. The molecule has 0 fully saturated rings. The Labute approximate surface area is 112 Å². The number of rotatable bonds is 6. The van der Waals surface area contributed by atoms with Gasteiger partial charge in [0.25, 0.3) is 0 Å². The highest BCUT2D eigenvalue weighted by molar-refractivity contribution is 5.48. The van der Waals surface area contributed by atoms with Crippen LogP contribution in [0.1, 0.15) is 11.1 Å². The van der Waals surface area contributed by atoms with Crippen LogP contribution in [0.25, 0.3) is 0 Å². The summed E-state index contributed by atoms with van der Waals surface area (Å²) in [6.45, 7) is 3.16. The molecule has 0 bridgehead atoms. The average molecular weight is 271 g/mol. The van der Waals surface area contributed by atoms with Gasteiger partial charge in [0.05, 0.1) is 6.61 Å². The first kappa shape index (κ1) is 15.9. The maximum atomic E-state index is 9.73. The summed E-state index contributed by atoms with van der Waals surface area (Å²) in [5.41, 5.74) is 2.69. The highest BCUT2D eigenvalue weighted by Crippen LogP contribution is 2.16. The Morgan fingerprint density at radius 3 is 2.16 bits per heavy atom. The summed E-state index contributed by atoms with van der Waals surface area (Å²) >= 11 is 0. The molecule has 19 heavy (non-hydrogen) atoms. The van der Waals surface area contributed by atoms with E-state index in [0.717, 1.165) is 11.1 Å². The van der Waals surface area contributed by atoms with Crippen molar-refractivity contribution in [3.05, 3.63) is 29.3 Å². The molecule has 1 aromatic carbocycles. The summed E-state index contributed by atoms with van der Waals surface area (Å²) < 4.78 is 0. The van der Waals surface area contributed by atoms with Crippen molar-refractivity contribution >= 4 is 5.69 Å². The molecule has 0 aromatic heterocycles. The van der Waals surface area contributed by atoms with Gasteiger partial charge in [-0.3, -0.25) is 0 Å². The second kappa shape index (κ2) is 6.83. The summed E-state index contributed by atoms with van der Waals surface area (Å²) in [6.07, 6.45) is -6.23. The van der Waals surface area contributed by atoms with Gasteiger partial charge in [-0.2, -0.15) is 0 Å². The number of benzene rings is 1. The van der Waals surface area contributed by atoms with Crippen molar-refractivity contribution in [2.24, 2.45) is 0 Å². The van der Waals surface area contributed by atoms with Crippen LogP contribution in [0.4, 0.5) is 5.69 Å². The van der Waals surface area contributed by atoms with Crippen molar-refractivity contribution in [3.8, 4) is 0 Å². The van der Waals surface area contributed by atoms with E-state index in [1.54, 1.807) is 12.1 Å². The van der Waals surface area contributed by atoms with Gasteiger partial charge in [0.15, 0.2) is 6.23 Å². The van der Waals surface area contributed by atoms with E-state index in [2.05, 4.69) is 5.32 Å². The number of hydrogen-bond donors (Lipinski definition) is 6. The van der Waals surface area contributed by atoms with Crippen LogP contribution in [0.15, 0.2) is 18.2 Å². The van der Waals surface area contributed by atoms with E-state index in [1.807, 2.05) is 19.9 Å². The first-order chi connectivity index (χ1) is 8.86. The smallest absolute Gasteiger partial charge is 0.153 e. The van der Waals surface area contributed by atoms with Crippen LogP contribution in [-0.4, -0.2) is 56.7 Å². The molecule has 6 nitrogen and oxygen atoms in total. The third-order valence-corrected chi connectivity index (χ3v) is 3.08. The van der Waals surface area contributed by atoms with Crippen LogP contribution in [0.5, 0.6) is 0 Å². The largest absolute Gasteiger partial charge is 0.394 e. The van der Waals surface area contributed by atoms with Crippen molar-refractivity contribution in [1.29, 1.82) is 0 Å². The first-order valence-electron chi connectivity index (χ1n) is 6.03. The Bertz CT molecular complexity index is 412. The van der Waals surface area contributed by atoms with Gasteiger partial charge in [0, 0.05) is 5.69 Å². The van der Waals surface area contributed by atoms with Gasteiger partial charge in [-0.1, -0.05) is 6.07 Å². The number of aliphatic hydroxyl groups is 5. The predicted molar refractivity (Wildman–Crippen MR) is 70.7 cm³/mol. The van der Waals surface area contributed by atoms with Crippen molar-refractivity contribution in [3.63, 3.8) is 0 Å². The average Bonchev–Trinajstić information content (AvgIpc) is 2.40. The molecule has 108 valence electrons. The van der Waals surface area contributed by atoms with Gasteiger partial charge in [0.2, 0.25) is 0 Å². The molecule has 1 unspecified atom stereocenters. The summed E-state index contributed by atoms with van der Waals surface area (Å²) in [4.78, 5) is 0. The van der Waals surface area contributed by atoms with Gasteiger partial charge in [-0.25, -0.2) is 0 Å². The van der Waals surface area contributed by atoms with E-state index in [9.17, 15) is 20.4 Å². The maximum Gasteiger partial charge on any atom is 0.153 e.